The summed E-state index contributed by atoms with van der Waals surface area (Å²) in [6.07, 6.45) is 11.7. The largest absolute Gasteiger partial charge is 0.474 e. The Morgan fingerprint density at radius 2 is 2.03 bits per heavy atom. The minimum absolute atomic E-state index is 0. The highest BCUT2D eigenvalue weighted by molar-refractivity contribution is 14.0. The fourth-order valence-electron chi connectivity index (χ4n) is 4.13. The molecule has 0 bridgehead atoms. The number of halogens is 1. The van der Waals surface area contributed by atoms with Crippen LogP contribution in [0, 0.1) is 0 Å². The lowest BCUT2D eigenvalue weighted by Crippen LogP contribution is -2.55. The van der Waals surface area contributed by atoms with E-state index in [1.165, 1.54) is 19.3 Å². The summed E-state index contributed by atoms with van der Waals surface area (Å²) in [6.45, 7) is 2.16. The Kier molecular flexibility index (Phi) is 8.71. The van der Waals surface area contributed by atoms with Crippen LogP contribution >= 0.6 is 24.0 Å². The molecule has 0 unspecified atom stereocenters. The van der Waals surface area contributed by atoms with Gasteiger partial charge < -0.3 is 19.9 Å². The second kappa shape index (κ2) is 11.5. The molecule has 4 rings (SSSR count). The van der Waals surface area contributed by atoms with Gasteiger partial charge in [0, 0.05) is 52.2 Å². The van der Waals surface area contributed by atoms with E-state index in [4.69, 9.17) is 4.74 Å². The van der Waals surface area contributed by atoms with Crippen LogP contribution in [0.5, 0.6) is 5.88 Å². The number of ether oxygens (including phenoxy) is 1. The van der Waals surface area contributed by atoms with Gasteiger partial charge in [-0.25, -0.2) is 4.98 Å². The SMILES string of the molecule is CN=C(NCc1ccc(OC2CCCCC2)nc1)N1CCN(c2cnn(C)c2)C(=O)C1.I. The number of aliphatic imine (C=N–C) groups is 1. The molecule has 1 saturated heterocycles. The Morgan fingerprint density at radius 3 is 2.66 bits per heavy atom. The molecule has 0 aromatic carbocycles. The summed E-state index contributed by atoms with van der Waals surface area (Å²) in [6, 6.07) is 3.96. The van der Waals surface area contributed by atoms with Crippen LogP contribution in [0.2, 0.25) is 0 Å². The van der Waals surface area contributed by atoms with Gasteiger partial charge in [-0.3, -0.25) is 14.5 Å². The second-order valence-electron chi connectivity index (χ2n) is 8.12. The normalized spacial score (nSPS) is 17.8. The van der Waals surface area contributed by atoms with Gasteiger partial charge in [0.15, 0.2) is 5.96 Å². The Balaban J connectivity index is 0.00000289. The van der Waals surface area contributed by atoms with Crippen LogP contribution in [0.15, 0.2) is 35.7 Å². The molecule has 3 heterocycles. The van der Waals surface area contributed by atoms with E-state index in [1.54, 1.807) is 22.8 Å². The van der Waals surface area contributed by atoms with Gasteiger partial charge in [-0.1, -0.05) is 12.5 Å². The van der Waals surface area contributed by atoms with E-state index in [9.17, 15) is 4.79 Å². The molecule has 0 radical (unpaired) electrons. The van der Waals surface area contributed by atoms with Gasteiger partial charge >= 0.3 is 0 Å². The average Bonchev–Trinajstić information content (AvgIpc) is 3.22. The number of aryl methyl sites for hydroxylation is 1. The van der Waals surface area contributed by atoms with Crippen LogP contribution in [0.4, 0.5) is 5.69 Å². The van der Waals surface area contributed by atoms with E-state index in [-0.39, 0.29) is 36.4 Å². The fraction of sp³-hybridized carbons (Fsp3) is 0.545. The van der Waals surface area contributed by atoms with Gasteiger partial charge in [0.2, 0.25) is 11.8 Å². The van der Waals surface area contributed by atoms with Gasteiger partial charge in [0.25, 0.3) is 0 Å². The fourth-order valence-corrected chi connectivity index (χ4v) is 4.13. The van der Waals surface area contributed by atoms with Crippen LogP contribution in [0.1, 0.15) is 37.7 Å². The summed E-state index contributed by atoms with van der Waals surface area (Å²) < 4.78 is 7.70. The predicted octanol–water partition coefficient (Wildman–Crippen LogP) is 2.57. The molecule has 2 fully saturated rings. The van der Waals surface area contributed by atoms with E-state index < -0.39 is 0 Å². The molecule has 32 heavy (non-hydrogen) atoms. The lowest BCUT2D eigenvalue weighted by atomic mass is 9.98. The molecule has 0 atom stereocenters. The third-order valence-corrected chi connectivity index (χ3v) is 5.82. The third kappa shape index (κ3) is 6.11. The average molecular weight is 553 g/mol. The van der Waals surface area contributed by atoms with Crippen LogP contribution < -0.4 is 15.0 Å². The first kappa shape index (κ1) is 24.3. The Bertz CT molecular complexity index is 909. The minimum Gasteiger partial charge on any atom is -0.474 e. The van der Waals surface area contributed by atoms with Gasteiger partial charge in [0.1, 0.15) is 12.6 Å². The summed E-state index contributed by atoms with van der Waals surface area (Å²) in [7, 11) is 3.58. The number of guanidine groups is 1. The first-order valence-corrected chi connectivity index (χ1v) is 11.0. The number of aromatic nitrogens is 3. The Hall–Kier alpha value is -2.37. The number of hydrogen-bond acceptors (Lipinski definition) is 5. The van der Waals surface area contributed by atoms with Crippen LogP contribution in [0.25, 0.3) is 0 Å². The van der Waals surface area contributed by atoms with Crippen molar-refractivity contribution in [2.24, 2.45) is 12.0 Å². The molecule has 174 valence electrons. The van der Waals surface area contributed by atoms with Crippen molar-refractivity contribution in [3.8, 4) is 5.88 Å². The molecule has 1 N–H and O–H groups in total. The first-order valence-electron chi connectivity index (χ1n) is 11.0. The van der Waals surface area contributed by atoms with Crippen LogP contribution in [-0.2, 0) is 18.4 Å². The third-order valence-electron chi connectivity index (χ3n) is 5.82. The number of anilines is 1. The summed E-state index contributed by atoms with van der Waals surface area (Å²) in [5, 5.41) is 7.50. The number of amides is 1. The molecular weight excluding hydrogens is 521 g/mol. The lowest BCUT2D eigenvalue weighted by Gasteiger charge is -2.35. The minimum atomic E-state index is 0. The molecule has 0 spiro atoms. The summed E-state index contributed by atoms with van der Waals surface area (Å²) in [5.74, 6) is 1.44. The molecule has 1 aliphatic carbocycles. The maximum absolute atomic E-state index is 12.7. The Morgan fingerprint density at radius 1 is 1.22 bits per heavy atom. The van der Waals surface area contributed by atoms with Gasteiger partial charge in [-0.05, 0) is 31.2 Å². The zero-order valence-electron chi connectivity index (χ0n) is 18.7. The summed E-state index contributed by atoms with van der Waals surface area (Å²) in [5.41, 5.74) is 1.87. The van der Waals surface area contributed by atoms with E-state index in [0.29, 0.717) is 37.6 Å². The molecule has 2 aliphatic rings. The van der Waals surface area contributed by atoms with E-state index >= 15 is 0 Å². The monoisotopic (exact) mass is 553 g/mol. The molecule has 2 aromatic heterocycles. The number of carbonyl (C=O) groups excluding carboxylic acids is 1. The van der Waals surface area contributed by atoms with E-state index in [0.717, 1.165) is 24.1 Å². The quantitative estimate of drug-likeness (QED) is 0.348. The predicted molar refractivity (Wildman–Crippen MR) is 134 cm³/mol. The van der Waals surface area contributed by atoms with Crippen molar-refractivity contribution in [3.63, 3.8) is 0 Å². The van der Waals surface area contributed by atoms with Gasteiger partial charge in [-0.2, -0.15) is 5.10 Å². The van der Waals surface area contributed by atoms with Crippen LogP contribution in [-0.4, -0.2) is 64.3 Å². The smallest absolute Gasteiger partial charge is 0.246 e. The van der Waals surface area contributed by atoms with Crippen molar-refractivity contribution in [2.75, 3.05) is 31.6 Å². The van der Waals surface area contributed by atoms with Gasteiger partial charge in [0.05, 0.1) is 11.9 Å². The number of nitrogens with one attached hydrogen (secondary N) is 1. The number of hydrogen-bond donors (Lipinski definition) is 1. The van der Waals surface area contributed by atoms with E-state index in [1.807, 2.05) is 36.5 Å². The van der Waals surface area contributed by atoms with E-state index in [2.05, 4.69) is 20.4 Å². The molecule has 1 amide bonds. The summed E-state index contributed by atoms with van der Waals surface area (Å²) in [4.78, 5) is 25.2. The highest BCUT2D eigenvalue weighted by atomic mass is 127. The molecule has 2 aromatic rings. The number of nitrogens with zero attached hydrogens (tertiary/aromatic N) is 6. The molecule has 1 saturated carbocycles. The molecule has 10 heteroatoms. The number of pyridine rings is 1. The van der Waals surface area contributed by atoms with Crippen molar-refractivity contribution in [2.45, 2.75) is 44.8 Å². The molecule has 1 aliphatic heterocycles. The second-order valence-corrected chi connectivity index (χ2v) is 8.12. The maximum atomic E-state index is 12.7. The van der Waals surface area contributed by atoms with Crippen molar-refractivity contribution < 1.29 is 9.53 Å². The zero-order chi connectivity index (χ0) is 21.6. The van der Waals surface area contributed by atoms with Crippen molar-refractivity contribution >= 4 is 41.5 Å². The highest BCUT2D eigenvalue weighted by Gasteiger charge is 2.27. The van der Waals surface area contributed by atoms with Gasteiger partial charge in [-0.15, -0.1) is 24.0 Å². The van der Waals surface area contributed by atoms with Crippen LogP contribution in [0.3, 0.4) is 0 Å². The summed E-state index contributed by atoms with van der Waals surface area (Å²) >= 11 is 0. The van der Waals surface area contributed by atoms with Crippen molar-refractivity contribution in [1.82, 2.24) is 25.0 Å². The van der Waals surface area contributed by atoms with Crippen molar-refractivity contribution in [1.29, 1.82) is 0 Å². The number of rotatable bonds is 5. The maximum Gasteiger partial charge on any atom is 0.246 e. The van der Waals surface area contributed by atoms with Crippen molar-refractivity contribution in [3.05, 3.63) is 36.3 Å². The highest BCUT2D eigenvalue weighted by Crippen LogP contribution is 2.22. The lowest BCUT2D eigenvalue weighted by molar-refractivity contribution is -0.120. The number of carbonyl (C=O) groups is 1. The Labute approximate surface area is 206 Å². The number of piperazine rings is 1. The zero-order valence-corrected chi connectivity index (χ0v) is 21.1. The molecular formula is C22H32IN7O2. The standard InChI is InChI=1S/C22H31N7O2.HI/c1-23-22(28-10-11-29(21(30)16-28)18-14-26-27(2)15-18)25-13-17-8-9-20(24-12-17)31-19-6-4-3-5-7-19;/h8-9,12,14-15,19H,3-7,10-11,13,16H2,1-2H3,(H,23,25);1H. The molecule has 9 nitrogen and oxygen atoms in total. The topological polar surface area (TPSA) is 87.9 Å². The first-order chi connectivity index (χ1) is 15.1.